The predicted octanol–water partition coefficient (Wildman–Crippen LogP) is 3.42. The normalized spacial score (nSPS) is 47.3. The molecule has 21 heavy (non-hydrogen) atoms. The van der Waals surface area contributed by atoms with E-state index in [0.717, 1.165) is 6.92 Å². The van der Waals surface area contributed by atoms with Crippen molar-refractivity contribution < 1.29 is 14.4 Å². The van der Waals surface area contributed by atoms with Crippen LogP contribution in [0.4, 0.5) is 0 Å². The van der Waals surface area contributed by atoms with Crippen molar-refractivity contribution in [2.24, 2.45) is 17.8 Å². The van der Waals surface area contributed by atoms with Crippen LogP contribution in [-0.2, 0) is 14.4 Å². The van der Waals surface area contributed by atoms with E-state index in [2.05, 4.69) is 0 Å². The molecule has 0 heterocycles. The van der Waals surface area contributed by atoms with Gasteiger partial charge in [-0.05, 0) is 6.92 Å². The molecular formula is C12H6Cl6O3. The molecule has 3 aliphatic carbocycles. The van der Waals surface area contributed by atoms with Gasteiger partial charge in [0.05, 0.1) is 21.9 Å². The van der Waals surface area contributed by atoms with E-state index in [4.69, 9.17) is 69.6 Å². The number of halogens is 6. The van der Waals surface area contributed by atoms with Crippen LogP contribution in [0.2, 0.25) is 0 Å². The summed E-state index contributed by atoms with van der Waals surface area (Å²) in [7, 11) is 0. The summed E-state index contributed by atoms with van der Waals surface area (Å²) in [6.45, 7) is 1.15. The Labute approximate surface area is 149 Å². The third-order valence-electron chi connectivity index (χ3n) is 4.52. The SMILES string of the molecule is CC(=O)C1C(=O)[C@@H]2[C@H](C1=O)C1(Cl)C(Cl)=C(Cl)C2(Cl)C1(Cl)Cl. The van der Waals surface area contributed by atoms with Crippen molar-refractivity contribution in [1.29, 1.82) is 0 Å². The van der Waals surface area contributed by atoms with Crippen molar-refractivity contribution in [3.8, 4) is 0 Å². The van der Waals surface area contributed by atoms with Gasteiger partial charge in [0.25, 0.3) is 0 Å². The number of allylic oxidation sites excluding steroid dienone is 2. The van der Waals surface area contributed by atoms with Crippen LogP contribution in [0.25, 0.3) is 0 Å². The zero-order chi connectivity index (χ0) is 16.1. The number of ketones is 3. The van der Waals surface area contributed by atoms with Gasteiger partial charge < -0.3 is 0 Å². The maximum atomic E-state index is 12.5. The summed E-state index contributed by atoms with van der Waals surface area (Å²) in [4.78, 5) is 32.9. The van der Waals surface area contributed by atoms with Gasteiger partial charge in [0.1, 0.15) is 21.4 Å². The predicted molar refractivity (Wildman–Crippen MR) is 81.5 cm³/mol. The molecule has 5 atom stereocenters. The Balaban J connectivity index is 2.31. The molecule has 2 bridgehead atoms. The molecule has 114 valence electrons. The summed E-state index contributed by atoms with van der Waals surface area (Å²) in [6.07, 6.45) is 0. The fraction of sp³-hybridized carbons (Fsp3) is 0.583. The first-order valence-corrected chi connectivity index (χ1v) is 8.12. The number of alkyl halides is 4. The molecule has 0 spiro atoms. The van der Waals surface area contributed by atoms with Crippen LogP contribution in [0.15, 0.2) is 10.1 Å². The summed E-state index contributed by atoms with van der Waals surface area (Å²) in [5.41, 5.74) is 0. The van der Waals surface area contributed by atoms with Crippen molar-refractivity contribution >= 4 is 87.0 Å². The van der Waals surface area contributed by atoms with Crippen LogP contribution < -0.4 is 0 Å². The molecule has 3 aliphatic rings. The monoisotopic (exact) mass is 408 g/mol. The zero-order valence-corrected chi connectivity index (χ0v) is 14.8. The third-order valence-corrected chi connectivity index (χ3v) is 8.78. The lowest BCUT2D eigenvalue weighted by Crippen LogP contribution is -2.48. The Kier molecular flexibility index (Phi) is 3.36. The Bertz CT molecular complexity index is 609. The first kappa shape index (κ1) is 16.4. The fourth-order valence-corrected chi connectivity index (χ4v) is 6.56. The summed E-state index contributed by atoms with van der Waals surface area (Å²) < 4.78 is -1.94. The lowest BCUT2D eigenvalue weighted by Gasteiger charge is -2.33. The highest BCUT2D eigenvalue weighted by Gasteiger charge is 2.87. The maximum Gasteiger partial charge on any atom is 0.167 e. The highest BCUT2D eigenvalue weighted by atomic mass is 35.5. The van der Waals surface area contributed by atoms with Gasteiger partial charge in [-0.3, -0.25) is 14.4 Å². The van der Waals surface area contributed by atoms with Crippen LogP contribution in [0.3, 0.4) is 0 Å². The minimum Gasteiger partial charge on any atom is -0.299 e. The summed E-state index contributed by atoms with van der Waals surface area (Å²) in [5.74, 6) is -5.69. The molecule has 0 aromatic carbocycles. The minimum atomic E-state index is -1.94. The minimum absolute atomic E-state index is 0.155. The molecule has 0 N–H and O–H groups in total. The van der Waals surface area contributed by atoms with E-state index in [1.54, 1.807) is 0 Å². The third kappa shape index (κ3) is 1.41. The van der Waals surface area contributed by atoms with Crippen molar-refractivity contribution in [2.75, 3.05) is 0 Å². The molecule has 0 aromatic rings. The topological polar surface area (TPSA) is 51.2 Å². The van der Waals surface area contributed by atoms with E-state index in [1.807, 2.05) is 0 Å². The molecule has 0 radical (unpaired) electrons. The van der Waals surface area contributed by atoms with E-state index in [0.29, 0.717) is 0 Å². The molecule has 0 saturated heterocycles. The van der Waals surface area contributed by atoms with Gasteiger partial charge in [-0.2, -0.15) is 0 Å². The van der Waals surface area contributed by atoms with Gasteiger partial charge in [0, 0.05) is 0 Å². The number of fused-ring (bicyclic) bond motifs is 5. The average Bonchev–Trinajstić information content (AvgIpc) is 2.75. The van der Waals surface area contributed by atoms with E-state index < -0.39 is 49.2 Å². The average molecular weight is 411 g/mol. The first-order valence-electron chi connectivity index (χ1n) is 5.85. The number of carbonyl (C=O) groups excluding carboxylic acids is 3. The van der Waals surface area contributed by atoms with Gasteiger partial charge in [0.15, 0.2) is 15.9 Å². The van der Waals surface area contributed by atoms with Crippen LogP contribution in [0.5, 0.6) is 0 Å². The van der Waals surface area contributed by atoms with Crippen molar-refractivity contribution in [3.05, 3.63) is 10.1 Å². The Morgan fingerprint density at radius 3 is 1.52 bits per heavy atom. The first-order chi connectivity index (χ1) is 9.45. The van der Waals surface area contributed by atoms with Gasteiger partial charge >= 0.3 is 0 Å². The van der Waals surface area contributed by atoms with Crippen molar-refractivity contribution in [3.63, 3.8) is 0 Å². The van der Waals surface area contributed by atoms with Gasteiger partial charge in [-0.1, -0.05) is 46.4 Å². The van der Waals surface area contributed by atoms with Crippen LogP contribution in [0.1, 0.15) is 6.92 Å². The van der Waals surface area contributed by atoms with E-state index >= 15 is 0 Å². The second-order valence-electron chi connectivity index (χ2n) is 5.43. The smallest absolute Gasteiger partial charge is 0.167 e. The van der Waals surface area contributed by atoms with Crippen LogP contribution in [0, 0.1) is 17.8 Å². The molecule has 0 aromatic heterocycles. The Hall–Kier alpha value is 0.490. The number of carbonyl (C=O) groups is 3. The zero-order valence-electron chi connectivity index (χ0n) is 10.2. The quantitative estimate of drug-likeness (QED) is 0.491. The Morgan fingerprint density at radius 1 is 0.905 bits per heavy atom. The highest BCUT2D eigenvalue weighted by Crippen LogP contribution is 2.78. The molecule has 3 nitrogen and oxygen atoms in total. The van der Waals surface area contributed by atoms with Crippen molar-refractivity contribution in [2.45, 2.75) is 21.0 Å². The van der Waals surface area contributed by atoms with Gasteiger partial charge in [0.2, 0.25) is 0 Å². The second-order valence-corrected chi connectivity index (χ2v) is 8.71. The van der Waals surface area contributed by atoms with E-state index in [9.17, 15) is 14.4 Å². The molecule has 2 fully saturated rings. The molecule has 0 aliphatic heterocycles. The van der Waals surface area contributed by atoms with Gasteiger partial charge in [-0.25, -0.2) is 0 Å². The number of Topliss-reactive ketones (excluding diaryl/α,β-unsaturated/α-hetero) is 3. The molecule has 2 saturated carbocycles. The van der Waals surface area contributed by atoms with Crippen LogP contribution >= 0.6 is 69.6 Å². The van der Waals surface area contributed by atoms with Crippen LogP contribution in [-0.4, -0.2) is 31.4 Å². The largest absolute Gasteiger partial charge is 0.299 e. The highest BCUT2D eigenvalue weighted by molar-refractivity contribution is 6.67. The molecular weight excluding hydrogens is 405 g/mol. The number of hydrogen-bond acceptors (Lipinski definition) is 3. The van der Waals surface area contributed by atoms with E-state index in [-0.39, 0.29) is 10.1 Å². The Morgan fingerprint density at radius 2 is 1.24 bits per heavy atom. The lowest BCUT2D eigenvalue weighted by molar-refractivity contribution is -0.136. The van der Waals surface area contributed by atoms with Crippen molar-refractivity contribution in [1.82, 2.24) is 0 Å². The summed E-state index contributed by atoms with van der Waals surface area (Å²) in [6, 6.07) is 0. The summed E-state index contributed by atoms with van der Waals surface area (Å²) in [5, 5.41) is -0.310. The fourth-order valence-electron chi connectivity index (χ4n) is 3.60. The lowest BCUT2D eigenvalue weighted by atomic mass is 9.84. The van der Waals surface area contributed by atoms with E-state index in [1.165, 1.54) is 0 Å². The maximum absolute atomic E-state index is 12.5. The molecule has 3 rings (SSSR count). The number of hydrogen-bond donors (Lipinski definition) is 0. The molecule has 9 heteroatoms. The van der Waals surface area contributed by atoms with Gasteiger partial charge in [-0.15, -0.1) is 23.2 Å². The number of rotatable bonds is 1. The summed E-state index contributed by atoms with van der Waals surface area (Å²) >= 11 is 37.6. The molecule has 0 amide bonds. The molecule has 3 unspecified atom stereocenters. The standard InChI is InChI=1S/C12H6Cl6O3/c1-2(19)3-6(20)4-5(7(3)21)11(16)9(14)8(13)10(4,15)12(11,17)18/h3-5H,1H3/t3?,4-,5+,10?,11?. The second kappa shape index (κ2) is 4.31.